The number of sulfonamides is 1. The highest BCUT2D eigenvalue weighted by Crippen LogP contribution is 2.26. The molecule has 0 radical (unpaired) electrons. The van der Waals surface area contributed by atoms with Crippen LogP contribution >= 0.6 is 0 Å². The van der Waals surface area contributed by atoms with Gasteiger partial charge in [0, 0.05) is 26.1 Å². The third-order valence-corrected chi connectivity index (χ3v) is 7.76. The third-order valence-electron chi connectivity index (χ3n) is 5.84. The quantitative estimate of drug-likeness (QED) is 0.555. The lowest BCUT2D eigenvalue weighted by atomic mass is 9.97. The summed E-state index contributed by atoms with van der Waals surface area (Å²) in [5, 5.41) is 0. The summed E-state index contributed by atoms with van der Waals surface area (Å²) < 4.78 is 38.6. The van der Waals surface area contributed by atoms with Crippen molar-refractivity contribution in [1.82, 2.24) is 9.21 Å². The van der Waals surface area contributed by atoms with Crippen LogP contribution in [0.2, 0.25) is 0 Å². The molecule has 8 heteroatoms. The van der Waals surface area contributed by atoms with Gasteiger partial charge in [-0.15, -0.1) is 0 Å². The summed E-state index contributed by atoms with van der Waals surface area (Å²) in [6.07, 6.45) is 1.02. The molecule has 2 aromatic carbocycles. The molecule has 2 aromatic rings. The lowest BCUT2D eigenvalue weighted by Gasteiger charge is -2.32. The van der Waals surface area contributed by atoms with Crippen LogP contribution in [0.1, 0.15) is 30.9 Å². The standard InChI is InChI=1S/C25H34N2O5S/c1-5-31-22-6-8-24(9-7-22)33(29,30)27-12-10-21(11-13-27)25(28)26(4)14-15-32-23-17-19(2)16-20(3)18-23/h6-9,16-18,21H,5,10-15H2,1-4H3. The average molecular weight is 475 g/mol. The molecule has 0 aromatic heterocycles. The first-order chi connectivity index (χ1) is 15.7. The Labute approximate surface area is 197 Å². The lowest BCUT2D eigenvalue weighted by Crippen LogP contribution is -2.44. The molecule has 3 rings (SSSR count). The molecular formula is C25H34N2O5S. The van der Waals surface area contributed by atoms with E-state index in [2.05, 4.69) is 6.07 Å². The van der Waals surface area contributed by atoms with E-state index < -0.39 is 10.0 Å². The molecule has 1 saturated heterocycles. The predicted molar refractivity (Wildman–Crippen MR) is 128 cm³/mol. The fourth-order valence-corrected chi connectivity index (χ4v) is 5.57. The van der Waals surface area contributed by atoms with Crippen molar-refractivity contribution in [1.29, 1.82) is 0 Å². The van der Waals surface area contributed by atoms with Crippen LogP contribution in [-0.2, 0) is 14.8 Å². The minimum atomic E-state index is -3.58. The van der Waals surface area contributed by atoms with Crippen molar-refractivity contribution in [2.24, 2.45) is 5.92 Å². The summed E-state index contributed by atoms with van der Waals surface area (Å²) in [4.78, 5) is 14.8. The molecule has 1 amide bonds. The van der Waals surface area contributed by atoms with Gasteiger partial charge in [-0.2, -0.15) is 4.31 Å². The molecule has 0 aliphatic carbocycles. The summed E-state index contributed by atoms with van der Waals surface area (Å²) in [6.45, 7) is 8.02. The van der Waals surface area contributed by atoms with Crippen molar-refractivity contribution < 1.29 is 22.7 Å². The molecule has 0 atom stereocenters. The minimum Gasteiger partial charge on any atom is -0.494 e. The van der Waals surface area contributed by atoms with Gasteiger partial charge in [0.05, 0.1) is 18.0 Å². The molecule has 1 fully saturated rings. The van der Waals surface area contributed by atoms with Crippen LogP contribution in [0.5, 0.6) is 11.5 Å². The highest BCUT2D eigenvalue weighted by molar-refractivity contribution is 7.89. The number of piperidine rings is 1. The number of likely N-dealkylation sites (N-methyl/N-ethyl adjacent to an activating group) is 1. The third kappa shape index (κ3) is 6.48. The first kappa shape index (κ1) is 25.1. The molecule has 0 spiro atoms. The van der Waals surface area contributed by atoms with E-state index in [4.69, 9.17) is 9.47 Å². The van der Waals surface area contributed by atoms with Gasteiger partial charge in [0.25, 0.3) is 0 Å². The Balaban J connectivity index is 1.49. The monoisotopic (exact) mass is 474 g/mol. The number of nitrogens with zero attached hydrogens (tertiary/aromatic N) is 2. The van der Waals surface area contributed by atoms with E-state index in [9.17, 15) is 13.2 Å². The number of hydrogen-bond acceptors (Lipinski definition) is 5. The Morgan fingerprint density at radius 2 is 1.61 bits per heavy atom. The Morgan fingerprint density at radius 1 is 1.00 bits per heavy atom. The predicted octanol–water partition coefficient (Wildman–Crippen LogP) is 3.64. The highest BCUT2D eigenvalue weighted by Gasteiger charge is 2.33. The maximum absolute atomic E-state index is 13.0. The second kappa shape index (κ2) is 11.0. The van der Waals surface area contributed by atoms with Gasteiger partial charge in [-0.1, -0.05) is 6.07 Å². The Kier molecular flexibility index (Phi) is 8.37. The van der Waals surface area contributed by atoms with Gasteiger partial charge in [0.15, 0.2) is 0 Å². The van der Waals surface area contributed by atoms with E-state index in [0.29, 0.717) is 51.4 Å². The number of carbonyl (C=O) groups is 1. The van der Waals surface area contributed by atoms with Gasteiger partial charge < -0.3 is 14.4 Å². The van der Waals surface area contributed by atoms with Crippen LogP contribution in [-0.4, -0.2) is 63.4 Å². The SMILES string of the molecule is CCOc1ccc(S(=O)(=O)N2CCC(C(=O)N(C)CCOc3cc(C)cc(C)c3)CC2)cc1. The topological polar surface area (TPSA) is 76.2 Å². The molecule has 1 aliphatic rings. The van der Waals surface area contributed by atoms with E-state index in [1.807, 2.05) is 32.9 Å². The zero-order chi connectivity index (χ0) is 24.0. The highest BCUT2D eigenvalue weighted by atomic mass is 32.2. The average Bonchev–Trinajstić information content (AvgIpc) is 2.78. The number of benzene rings is 2. The second-order valence-corrected chi connectivity index (χ2v) is 10.5. The molecule has 7 nitrogen and oxygen atoms in total. The van der Waals surface area contributed by atoms with Gasteiger partial charge in [0.2, 0.25) is 15.9 Å². The van der Waals surface area contributed by atoms with Crippen molar-refractivity contribution in [3.05, 3.63) is 53.6 Å². The van der Waals surface area contributed by atoms with Crippen LogP contribution in [0.25, 0.3) is 0 Å². The van der Waals surface area contributed by atoms with Crippen molar-refractivity contribution in [3.63, 3.8) is 0 Å². The number of ether oxygens (including phenoxy) is 2. The molecular weight excluding hydrogens is 440 g/mol. The molecule has 180 valence electrons. The van der Waals surface area contributed by atoms with E-state index >= 15 is 0 Å². The first-order valence-electron chi connectivity index (χ1n) is 11.4. The number of aryl methyl sites for hydroxylation is 2. The molecule has 0 N–H and O–H groups in total. The lowest BCUT2D eigenvalue weighted by molar-refractivity contribution is -0.135. The summed E-state index contributed by atoms with van der Waals surface area (Å²) in [5.74, 6) is 1.31. The van der Waals surface area contributed by atoms with Gasteiger partial charge >= 0.3 is 0 Å². The fourth-order valence-electron chi connectivity index (χ4n) is 4.11. The number of amides is 1. The van der Waals surface area contributed by atoms with Crippen molar-refractivity contribution in [3.8, 4) is 11.5 Å². The number of rotatable bonds is 9. The number of hydrogen-bond donors (Lipinski definition) is 0. The van der Waals surface area contributed by atoms with Gasteiger partial charge in [-0.25, -0.2) is 8.42 Å². The summed E-state index contributed by atoms with van der Waals surface area (Å²) in [7, 11) is -1.81. The van der Waals surface area contributed by atoms with E-state index in [0.717, 1.165) is 16.9 Å². The fraction of sp³-hybridized carbons (Fsp3) is 0.480. The number of carbonyl (C=O) groups excluding carboxylic acids is 1. The smallest absolute Gasteiger partial charge is 0.243 e. The molecule has 0 unspecified atom stereocenters. The molecule has 0 bridgehead atoms. The van der Waals surface area contributed by atoms with Crippen LogP contribution in [0.15, 0.2) is 47.4 Å². The van der Waals surface area contributed by atoms with Gasteiger partial charge in [-0.05, 0) is 81.1 Å². The maximum atomic E-state index is 13.0. The van der Waals surface area contributed by atoms with Crippen LogP contribution in [0.4, 0.5) is 0 Å². The van der Waals surface area contributed by atoms with E-state index in [-0.39, 0.29) is 16.7 Å². The molecule has 1 heterocycles. The zero-order valence-corrected chi connectivity index (χ0v) is 20.7. The van der Waals surface area contributed by atoms with Crippen LogP contribution < -0.4 is 9.47 Å². The largest absolute Gasteiger partial charge is 0.494 e. The Hall–Kier alpha value is -2.58. The van der Waals surface area contributed by atoms with Crippen molar-refractivity contribution in [2.45, 2.75) is 38.5 Å². The van der Waals surface area contributed by atoms with E-state index in [1.165, 1.54) is 4.31 Å². The molecule has 0 saturated carbocycles. The summed E-state index contributed by atoms with van der Waals surface area (Å²) >= 11 is 0. The molecule has 33 heavy (non-hydrogen) atoms. The zero-order valence-electron chi connectivity index (χ0n) is 19.9. The van der Waals surface area contributed by atoms with Gasteiger partial charge in [0.1, 0.15) is 18.1 Å². The normalized spacial score (nSPS) is 15.3. The Bertz CT molecular complexity index is 1020. The van der Waals surface area contributed by atoms with Crippen LogP contribution in [0.3, 0.4) is 0 Å². The summed E-state index contributed by atoms with van der Waals surface area (Å²) in [6, 6.07) is 12.5. The van der Waals surface area contributed by atoms with Crippen molar-refractivity contribution in [2.75, 3.05) is 39.9 Å². The second-order valence-electron chi connectivity index (χ2n) is 8.51. The minimum absolute atomic E-state index is 0.0390. The van der Waals surface area contributed by atoms with E-state index in [1.54, 1.807) is 36.2 Å². The molecule has 1 aliphatic heterocycles. The summed E-state index contributed by atoms with van der Waals surface area (Å²) in [5.41, 5.74) is 2.28. The van der Waals surface area contributed by atoms with Gasteiger partial charge in [-0.3, -0.25) is 4.79 Å². The maximum Gasteiger partial charge on any atom is 0.243 e. The van der Waals surface area contributed by atoms with Crippen molar-refractivity contribution >= 4 is 15.9 Å². The first-order valence-corrected chi connectivity index (χ1v) is 12.8. The Morgan fingerprint density at radius 3 is 2.18 bits per heavy atom. The van der Waals surface area contributed by atoms with Crippen LogP contribution in [0, 0.1) is 19.8 Å².